The standard InChI is InChI=1S/C24H20N4O3S/c1-24(2,22(30)27-23-28-25-13-32-23)20-15-8-4-6-10-19(15)31-21-16(20)11-12-17(26-21)14-7-3-5-9-18(14)29/h3-13,20,29H,1-2H3,(H,27,28,30)/t20-/m0/s1. The number of para-hydroxylation sites is 2. The number of amides is 1. The molecule has 0 aliphatic carbocycles. The molecule has 8 heteroatoms. The van der Waals surface area contributed by atoms with Crippen molar-refractivity contribution in [3.8, 4) is 28.6 Å². The Morgan fingerprint density at radius 1 is 1.06 bits per heavy atom. The molecule has 2 aromatic heterocycles. The van der Waals surface area contributed by atoms with E-state index >= 15 is 0 Å². The van der Waals surface area contributed by atoms with Gasteiger partial charge in [-0.2, -0.15) is 0 Å². The average Bonchev–Trinajstić information content (AvgIpc) is 3.30. The first-order valence-corrected chi connectivity index (χ1v) is 11.0. The maximum atomic E-state index is 13.3. The predicted molar refractivity (Wildman–Crippen MR) is 122 cm³/mol. The SMILES string of the molecule is CC(C)(C(=O)Nc1nncs1)[C@H]1c2ccccc2Oc2nc(-c3ccccc3O)ccc21. The molecule has 0 spiro atoms. The summed E-state index contributed by atoms with van der Waals surface area (Å²) in [5.74, 6) is 0.743. The highest BCUT2D eigenvalue weighted by molar-refractivity contribution is 7.13. The fourth-order valence-electron chi connectivity index (χ4n) is 4.07. The van der Waals surface area contributed by atoms with Crippen LogP contribution in [0.1, 0.15) is 30.9 Å². The minimum Gasteiger partial charge on any atom is -0.507 e. The highest BCUT2D eigenvalue weighted by Crippen LogP contribution is 2.52. The lowest BCUT2D eigenvalue weighted by molar-refractivity contribution is -0.124. The predicted octanol–water partition coefficient (Wildman–Crippen LogP) is 5.21. The Labute approximate surface area is 188 Å². The number of carbonyl (C=O) groups excluding carboxylic acids is 1. The maximum absolute atomic E-state index is 13.3. The number of rotatable bonds is 4. The molecule has 0 bridgehead atoms. The van der Waals surface area contributed by atoms with E-state index in [0.29, 0.717) is 28.0 Å². The van der Waals surface area contributed by atoms with Gasteiger partial charge < -0.3 is 15.2 Å². The third-order valence-electron chi connectivity index (χ3n) is 5.70. The van der Waals surface area contributed by atoms with Gasteiger partial charge in [-0.1, -0.05) is 61.6 Å². The number of nitrogens with zero attached hydrogens (tertiary/aromatic N) is 3. The van der Waals surface area contributed by atoms with E-state index in [2.05, 4.69) is 15.5 Å². The Hall–Kier alpha value is -3.78. The number of aromatic hydroxyl groups is 1. The fraction of sp³-hybridized carbons (Fsp3) is 0.167. The molecule has 2 N–H and O–H groups in total. The van der Waals surface area contributed by atoms with E-state index < -0.39 is 5.41 Å². The molecule has 7 nitrogen and oxygen atoms in total. The minimum absolute atomic E-state index is 0.143. The summed E-state index contributed by atoms with van der Waals surface area (Å²) in [4.78, 5) is 18.0. The fourth-order valence-corrected chi connectivity index (χ4v) is 4.51. The van der Waals surface area contributed by atoms with Gasteiger partial charge in [0.1, 0.15) is 17.0 Å². The zero-order valence-corrected chi connectivity index (χ0v) is 18.3. The first-order chi connectivity index (χ1) is 15.4. The van der Waals surface area contributed by atoms with Gasteiger partial charge in [0.25, 0.3) is 0 Å². The molecule has 32 heavy (non-hydrogen) atoms. The summed E-state index contributed by atoms with van der Waals surface area (Å²) in [5.41, 5.74) is 3.65. The molecule has 0 saturated carbocycles. The van der Waals surface area contributed by atoms with Crippen LogP contribution in [-0.4, -0.2) is 26.2 Å². The molecule has 0 saturated heterocycles. The lowest BCUT2D eigenvalue weighted by Gasteiger charge is -2.37. The second-order valence-electron chi connectivity index (χ2n) is 8.10. The van der Waals surface area contributed by atoms with Crippen molar-refractivity contribution in [3.63, 3.8) is 0 Å². The number of phenolic OH excluding ortho intramolecular Hbond substituents is 1. The molecule has 1 amide bonds. The number of carbonyl (C=O) groups is 1. The third-order valence-corrected chi connectivity index (χ3v) is 6.31. The molecule has 0 fully saturated rings. The Morgan fingerprint density at radius 3 is 2.62 bits per heavy atom. The van der Waals surface area contributed by atoms with Crippen molar-refractivity contribution < 1.29 is 14.6 Å². The number of hydrogen-bond acceptors (Lipinski definition) is 7. The van der Waals surface area contributed by atoms with Crippen LogP contribution in [-0.2, 0) is 4.79 Å². The van der Waals surface area contributed by atoms with Crippen LogP contribution in [0, 0.1) is 5.41 Å². The third kappa shape index (κ3) is 3.38. The molecule has 2 aromatic carbocycles. The van der Waals surface area contributed by atoms with Crippen molar-refractivity contribution in [1.82, 2.24) is 15.2 Å². The minimum atomic E-state index is -0.849. The Balaban J connectivity index is 1.60. The monoisotopic (exact) mass is 444 g/mol. The number of pyridine rings is 1. The Kier molecular flexibility index (Phi) is 4.86. The summed E-state index contributed by atoms with van der Waals surface area (Å²) >= 11 is 1.27. The Bertz CT molecular complexity index is 1300. The molecule has 5 rings (SSSR count). The first-order valence-electron chi connectivity index (χ1n) is 10.1. The van der Waals surface area contributed by atoms with Crippen molar-refractivity contribution in [2.75, 3.05) is 5.32 Å². The number of phenols is 1. The maximum Gasteiger partial charge on any atom is 0.232 e. The molecule has 4 aromatic rings. The largest absolute Gasteiger partial charge is 0.507 e. The number of nitrogens with one attached hydrogen (secondary N) is 1. The lowest BCUT2D eigenvalue weighted by Crippen LogP contribution is -2.38. The number of aromatic nitrogens is 3. The van der Waals surface area contributed by atoms with E-state index in [0.717, 1.165) is 11.1 Å². The molecule has 0 radical (unpaired) electrons. The van der Waals surface area contributed by atoms with Crippen LogP contribution >= 0.6 is 11.3 Å². The number of ether oxygens (including phenoxy) is 1. The highest BCUT2D eigenvalue weighted by Gasteiger charge is 2.44. The smallest absolute Gasteiger partial charge is 0.232 e. The van der Waals surface area contributed by atoms with Gasteiger partial charge in [0, 0.05) is 22.6 Å². The molecule has 1 aliphatic rings. The quantitative estimate of drug-likeness (QED) is 0.449. The van der Waals surface area contributed by atoms with Gasteiger partial charge in [0.2, 0.25) is 16.9 Å². The molecule has 1 aliphatic heterocycles. The van der Waals surface area contributed by atoms with Crippen LogP contribution in [0.4, 0.5) is 5.13 Å². The van der Waals surface area contributed by atoms with E-state index in [-0.39, 0.29) is 17.6 Å². The van der Waals surface area contributed by atoms with Crippen LogP contribution in [0.15, 0.2) is 66.2 Å². The van der Waals surface area contributed by atoms with Gasteiger partial charge in [-0.05, 0) is 24.3 Å². The van der Waals surface area contributed by atoms with E-state index in [4.69, 9.17) is 9.72 Å². The zero-order valence-electron chi connectivity index (χ0n) is 17.4. The topological polar surface area (TPSA) is 97.2 Å². The highest BCUT2D eigenvalue weighted by atomic mass is 32.1. The van der Waals surface area contributed by atoms with Crippen LogP contribution < -0.4 is 10.1 Å². The first kappa shape index (κ1) is 20.1. The molecular formula is C24H20N4O3S. The molecule has 1 atom stereocenters. The van der Waals surface area contributed by atoms with Crippen LogP contribution in [0.5, 0.6) is 17.4 Å². The number of benzene rings is 2. The van der Waals surface area contributed by atoms with Crippen molar-refractivity contribution in [1.29, 1.82) is 0 Å². The second kappa shape index (κ2) is 7.72. The second-order valence-corrected chi connectivity index (χ2v) is 8.93. The van der Waals surface area contributed by atoms with Crippen molar-refractivity contribution in [2.45, 2.75) is 19.8 Å². The van der Waals surface area contributed by atoms with Crippen LogP contribution in [0.25, 0.3) is 11.3 Å². The lowest BCUT2D eigenvalue weighted by atomic mass is 9.69. The molecular weight excluding hydrogens is 424 g/mol. The Morgan fingerprint density at radius 2 is 1.84 bits per heavy atom. The average molecular weight is 445 g/mol. The number of fused-ring (bicyclic) bond motifs is 2. The van der Waals surface area contributed by atoms with Crippen LogP contribution in [0.2, 0.25) is 0 Å². The van der Waals surface area contributed by atoms with Crippen molar-refractivity contribution in [3.05, 3.63) is 77.3 Å². The number of anilines is 1. The normalized spacial score (nSPS) is 14.8. The van der Waals surface area contributed by atoms with Gasteiger partial charge in [0.05, 0.1) is 11.1 Å². The summed E-state index contributed by atoms with van der Waals surface area (Å²) in [6, 6.07) is 18.5. The summed E-state index contributed by atoms with van der Waals surface area (Å²) in [5, 5.41) is 21.3. The van der Waals surface area contributed by atoms with Crippen molar-refractivity contribution in [2.24, 2.45) is 5.41 Å². The van der Waals surface area contributed by atoms with Gasteiger partial charge in [-0.15, -0.1) is 10.2 Å². The summed E-state index contributed by atoms with van der Waals surface area (Å²) < 4.78 is 6.15. The van der Waals surface area contributed by atoms with Gasteiger partial charge in [-0.25, -0.2) is 4.98 Å². The molecule has 0 unspecified atom stereocenters. The zero-order chi connectivity index (χ0) is 22.3. The van der Waals surface area contributed by atoms with Gasteiger partial charge in [0.15, 0.2) is 0 Å². The van der Waals surface area contributed by atoms with E-state index in [1.807, 2.05) is 56.3 Å². The van der Waals surface area contributed by atoms with Crippen molar-refractivity contribution >= 4 is 22.4 Å². The summed E-state index contributed by atoms with van der Waals surface area (Å²) in [6.45, 7) is 3.80. The number of hydrogen-bond donors (Lipinski definition) is 2. The summed E-state index contributed by atoms with van der Waals surface area (Å²) in [6.07, 6.45) is 0. The van der Waals surface area contributed by atoms with Crippen LogP contribution in [0.3, 0.4) is 0 Å². The van der Waals surface area contributed by atoms with Gasteiger partial charge in [-0.3, -0.25) is 4.79 Å². The summed E-state index contributed by atoms with van der Waals surface area (Å²) in [7, 11) is 0. The molecule has 3 heterocycles. The van der Waals surface area contributed by atoms with E-state index in [9.17, 15) is 9.90 Å². The van der Waals surface area contributed by atoms with Gasteiger partial charge >= 0.3 is 0 Å². The van der Waals surface area contributed by atoms with E-state index in [1.54, 1.807) is 23.7 Å². The molecule has 160 valence electrons. The van der Waals surface area contributed by atoms with E-state index in [1.165, 1.54) is 11.3 Å².